The van der Waals surface area contributed by atoms with Gasteiger partial charge in [0.25, 0.3) is 0 Å². The lowest BCUT2D eigenvalue weighted by Gasteiger charge is -2.10. The maximum atomic E-state index is 11.8. The van der Waals surface area contributed by atoms with Crippen LogP contribution in [0.3, 0.4) is 0 Å². The smallest absolute Gasteiger partial charge is 0.152 e. The summed E-state index contributed by atoms with van der Waals surface area (Å²) in [6, 6.07) is 0. The molecule has 16 heavy (non-hydrogen) atoms. The summed E-state index contributed by atoms with van der Waals surface area (Å²) in [5, 5.41) is 0.0224. The molecule has 0 saturated heterocycles. The first kappa shape index (κ1) is 14.2. The van der Waals surface area contributed by atoms with E-state index >= 15 is 0 Å². The van der Waals surface area contributed by atoms with Gasteiger partial charge in [0.15, 0.2) is 9.84 Å². The van der Waals surface area contributed by atoms with Crippen LogP contribution in [0.5, 0.6) is 0 Å². The third-order valence-corrected chi connectivity index (χ3v) is 7.37. The van der Waals surface area contributed by atoms with E-state index in [9.17, 15) is 12.6 Å². The van der Waals surface area contributed by atoms with Gasteiger partial charge in [0, 0.05) is 21.8 Å². The molecule has 1 fully saturated rings. The van der Waals surface area contributed by atoms with Gasteiger partial charge in [0.2, 0.25) is 0 Å². The number of hydrogen-bond acceptors (Lipinski definition) is 3. The molecule has 0 heterocycles. The Morgan fingerprint density at radius 3 is 2.31 bits per heavy atom. The number of sulfone groups is 1. The van der Waals surface area contributed by atoms with Crippen molar-refractivity contribution in [3.63, 3.8) is 0 Å². The Kier molecular flexibility index (Phi) is 5.44. The van der Waals surface area contributed by atoms with Crippen LogP contribution in [-0.2, 0) is 20.6 Å². The van der Waals surface area contributed by atoms with Crippen LogP contribution >= 0.6 is 0 Å². The van der Waals surface area contributed by atoms with E-state index in [0.717, 1.165) is 12.8 Å². The van der Waals surface area contributed by atoms with Gasteiger partial charge >= 0.3 is 0 Å². The summed E-state index contributed by atoms with van der Waals surface area (Å²) < 4.78 is 34.9. The Morgan fingerprint density at radius 2 is 1.81 bits per heavy atom. The molecule has 1 saturated carbocycles. The van der Waals surface area contributed by atoms with Crippen molar-refractivity contribution in [2.75, 3.05) is 11.5 Å². The quantitative estimate of drug-likeness (QED) is 0.737. The molecule has 0 aromatic heterocycles. The molecule has 0 aliphatic heterocycles. The monoisotopic (exact) mass is 266 g/mol. The van der Waals surface area contributed by atoms with Gasteiger partial charge in [-0.25, -0.2) is 8.42 Å². The van der Waals surface area contributed by atoms with E-state index in [0.29, 0.717) is 17.4 Å². The molecule has 0 aromatic rings. The first-order valence-corrected chi connectivity index (χ1v) is 9.12. The van der Waals surface area contributed by atoms with Crippen molar-refractivity contribution in [2.24, 2.45) is 0 Å². The molecule has 0 N–H and O–H groups in total. The molecule has 0 unspecified atom stereocenters. The summed E-state index contributed by atoms with van der Waals surface area (Å²) in [7, 11) is -3.76. The maximum absolute atomic E-state index is 11.8. The number of rotatable bonds is 6. The van der Waals surface area contributed by atoms with Crippen LogP contribution in [0.25, 0.3) is 0 Å². The van der Waals surface area contributed by atoms with Gasteiger partial charge in [-0.2, -0.15) is 0 Å². The Bertz CT molecular complexity index is 327. The zero-order chi connectivity index (χ0) is 12.2. The minimum atomic E-state index is -2.95. The predicted molar refractivity (Wildman–Crippen MR) is 68.8 cm³/mol. The Balaban J connectivity index is 2.27. The Labute approximate surface area is 101 Å². The highest BCUT2D eigenvalue weighted by Gasteiger charge is 2.22. The summed E-state index contributed by atoms with van der Waals surface area (Å²) in [6.45, 7) is 3.40. The fourth-order valence-corrected chi connectivity index (χ4v) is 4.78. The molecule has 0 aromatic carbocycles. The molecule has 1 rings (SSSR count). The van der Waals surface area contributed by atoms with Crippen molar-refractivity contribution in [1.29, 1.82) is 0 Å². The molecular formula is C11H22O3S2. The van der Waals surface area contributed by atoms with Crippen molar-refractivity contribution in [3.05, 3.63) is 0 Å². The van der Waals surface area contributed by atoms with Crippen molar-refractivity contribution >= 4 is 20.6 Å². The Hall–Kier alpha value is 0.1000. The van der Waals surface area contributed by atoms with E-state index in [1.807, 2.05) is 0 Å². The van der Waals surface area contributed by atoms with Gasteiger partial charge in [-0.05, 0) is 33.1 Å². The minimum absolute atomic E-state index is 0.184. The van der Waals surface area contributed by atoms with Gasteiger partial charge in [0.1, 0.15) is 0 Å². The second-order valence-electron chi connectivity index (χ2n) is 4.76. The van der Waals surface area contributed by atoms with E-state index in [4.69, 9.17) is 0 Å². The fourth-order valence-electron chi connectivity index (χ4n) is 1.96. The average Bonchev–Trinajstić information content (AvgIpc) is 2.69. The molecule has 1 atom stereocenters. The summed E-state index contributed by atoms with van der Waals surface area (Å²) in [6.07, 6.45) is 5.03. The zero-order valence-corrected chi connectivity index (χ0v) is 11.8. The van der Waals surface area contributed by atoms with Gasteiger partial charge < -0.3 is 0 Å². The van der Waals surface area contributed by atoms with Crippen LogP contribution in [-0.4, -0.2) is 34.6 Å². The average molecular weight is 266 g/mol. The molecule has 0 amide bonds. The third kappa shape index (κ3) is 4.17. The lowest BCUT2D eigenvalue weighted by molar-refractivity contribution is 0.586. The molecule has 1 aliphatic carbocycles. The first-order valence-electron chi connectivity index (χ1n) is 6.02. The zero-order valence-electron chi connectivity index (χ0n) is 10.1. The molecule has 0 bridgehead atoms. The minimum Gasteiger partial charge on any atom is -0.259 e. The highest BCUT2D eigenvalue weighted by Crippen LogP contribution is 2.23. The van der Waals surface area contributed by atoms with Crippen molar-refractivity contribution < 1.29 is 12.6 Å². The maximum Gasteiger partial charge on any atom is 0.152 e. The lowest BCUT2D eigenvalue weighted by Crippen LogP contribution is -2.21. The normalized spacial score (nSPS) is 20.4. The third-order valence-electron chi connectivity index (χ3n) is 3.17. The van der Waals surface area contributed by atoms with Crippen LogP contribution in [0, 0.1) is 0 Å². The van der Waals surface area contributed by atoms with Crippen LogP contribution in [0.2, 0.25) is 0 Å². The summed E-state index contributed by atoms with van der Waals surface area (Å²) in [5.74, 6) is 0.736. The lowest BCUT2D eigenvalue weighted by atomic mass is 10.4. The number of hydrogen-bond donors (Lipinski definition) is 0. The van der Waals surface area contributed by atoms with Gasteiger partial charge in [-0.3, -0.25) is 4.21 Å². The van der Waals surface area contributed by atoms with E-state index in [1.165, 1.54) is 12.8 Å². The molecule has 3 nitrogen and oxygen atoms in total. The molecule has 0 radical (unpaired) electrons. The Morgan fingerprint density at radius 1 is 1.25 bits per heavy atom. The molecule has 5 heteroatoms. The summed E-state index contributed by atoms with van der Waals surface area (Å²) in [5.41, 5.74) is 0. The van der Waals surface area contributed by atoms with Crippen molar-refractivity contribution in [2.45, 2.75) is 56.5 Å². The van der Waals surface area contributed by atoms with Crippen LogP contribution in [0.15, 0.2) is 0 Å². The van der Waals surface area contributed by atoms with Crippen LogP contribution in [0.1, 0.15) is 46.0 Å². The van der Waals surface area contributed by atoms with E-state index in [1.54, 1.807) is 13.8 Å². The van der Waals surface area contributed by atoms with E-state index in [2.05, 4.69) is 0 Å². The second kappa shape index (κ2) is 6.15. The van der Waals surface area contributed by atoms with Gasteiger partial charge in [-0.15, -0.1) is 0 Å². The SMILES string of the molecule is CC(C)S(=O)(=O)CCC[S@](=O)C1CCCC1. The topological polar surface area (TPSA) is 51.2 Å². The second-order valence-corrected chi connectivity index (χ2v) is 9.27. The highest BCUT2D eigenvalue weighted by molar-refractivity contribution is 7.92. The fraction of sp³-hybridized carbons (Fsp3) is 1.00. The molecule has 1 aliphatic rings. The predicted octanol–water partition coefficient (Wildman–Crippen LogP) is 1.89. The highest BCUT2D eigenvalue weighted by atomic mass is 32.2. The van der Waals surface area contributed by atoms with Crippen LogP contribution < -0.4 is 0 Å². The summed E-state index contributed by atoms with van der Waals surface area (Å²) >= 11 is 0. The van der Waals surface area contributed by atoms with Gasteiger partial charge in [0.05, 0.1) is 11.0 Å². The van der Waals surface area contributed by atoms with E-state index in [-0.39, 0.29) is 11.0 Å². The molecular weight excluding hydrogens is 244 g/mol. The molecule has 0 spiro atoms. The van der Waals surface area contributed by atoms with Crippen LogP contribution in [0.4, 0.5) is 0 Å². The molecule has 96 valence electrons. The van der Waals surface area contributed by atoms with Gasteiger partial charge in [-0.1, -0.05) is 12.8 Å². The largest absolute Gasteiger partial charge is 0.259 e. The van der Waals surface area contributed by atoms with Crippen molar-refractivity contribution in [3.8, 4) is 0 Å². The van der Waals surface area contributed by atoms with E-state index < -0.39 is 20.6 Å². The standard InChI is InChI=1S/C11H22O3S2/c1-10(2)16(13,14)9-5-8-15(12)11-6-3-4-7-11/h10-11H,3-9H2,1-2H3/t15-/m0/s1. The summed E-state index contributed by atoms with van der Waals surface area (Å²) in [4.78, 5) is 0. The first-order chi connectivity index (χ1) is 7.43. The van der Waals surface area contributed by atoms with Crippen molar-refractivity contribution in [1.82, 2.24) is 0 Å².